The van der Waals surface area contributed by atoms with E-state index < -0.39 is 0 Å². The van der Waals surface area contributed by atoms with Gasteiger partial charge in [-0.2, -0.15) is 0 Å². The van der Waals surface area contributed by atoms with Gasteiger partial charge in [0.2, 0.25) is 0 Å². The van der Waals surface area contributed by atoms with Crippen molar-refractivity contribution in [1.82, 2.24) is 0 Å². The van der Waals surface area contributed by atoms with Gasteiger partial charge in [-0.15, -0.1) is 0 Å². The smallest absolute Gasteiger partial charge is 0.327 e. The number of aliphatic imine (C=N–C) groups is 1. The maximum Gasteiger partial charge on any atom is 0.327 e. The monoisotopic (exact) mass is 316 g/mol. The van der Waals surface area contributed by atoms with Gasteiger partial charge in [0.1, 0.15) is 6.54 Å². The number of ether oxygens (including phenoxy) is 1. The lowest BCUT2D eigenvalue weighted by molar-refractivity contribution is -0.141. The van der Waals surface area contributed by atoms with E-state index in [2.05, 4.69) is 4.99 Å². The van der Waals surface area contributed by atoms with Crippen molar-refractivity contribution in [3.05, 3.63) is 64.7 Å². The van der Waals surface area contributed by atoms with Crippen molar-refractivity contribution in [2.75, 3.05) is 18.9 Å². The third-order valence-electron chi connectivity index (χ3n) is 2.99. The molecule has 4 nitrogen and oxygen atoms in total. The van der Waals surface area contributed by atoms with Gasteiger partial charge in [0.15, 0.2) is 0 Å². The third-order valence-corrected chi connectivity index (χ3v) is 3.22. The number of halogens is 1. The zero-order valence-corrected chi connectivity index (χ0v) is 13.0. The summed E-state index contributed by atoms with van der Waals surface area (Å²) >= 11 is 6.06. The summed E-state index contributed by atoms with van der Waals surface area (Å²) in [5.74, 6) is -0.378. The molecule has 0 radical (unpaired) electrons. The highest BCUT2D eigenvalue weighted by Gasteiger charge is 2.12. The van der Waals surface area contributed by atoms with Crippen molar-refractivity contribution < 1.29 is 9.53 Å². The topological polar surface area (TPSA) is 64.7 Å². The molecule has 0 spiro atoms. The molecule has 0 bridgehead atoms. The van der Waals surface area contributed by atoms with E-state index in [1.54, 1.807) is 25.1 Å². The first-order chi connectivity index (χ1) is 10.6. The Morgan fingerprint density at radius 2 is 1.95 bits per heavy atom. The van der Waals surface area contributed by atoms with Crippen molar-refractivity contribution in [2.24, 2.45) is 4.99 Å². The van der Waals surface area contributed by atoms with Gasteiger partial charge < -0.3 is 10.5 Å². The van der Waals surface area contributed by atoms with Crippen molar-refractivity contribution in [2.45, 2.75) is 6.92 Å². The van der Waals surface area contributed by atoms with Crippen molar-refractivity contribution in [1.29, 1.82) is 0 Å². The Bertz CT molecular complexity index is 684. The fraction of sp³-hybridized carbons (Fsp3) is 0.176. The molecule has 0 unspecified atom stereocenters. The molecule has 0 aliphatic carbocycles. The number of rotatable bonds is 5. The molecule has 2 aromatic carbocycles. The predicted octanol–water partition coefficient (Wildman–Crippen LogP) is 3.32. The van der Waals surface area contributed by atoms with E-state index in [1.807, 2.05) is 30.3 Å². The first kappa shape index (κ1) is 16.0. The molecule has 2 N–H and O–H groups in total. The van der Waals surface area contributed by atoms with E-state index >= 15 is 0 Å². The van der Waals surface area contributed by atoms with Gasteiger partial charge >= 0.3 is 5.97 Å². The minimum atomic E-state index is -0.378. The number of hydrogen-bond acceptors (Lipinski definition) is 4. The Hall–Kier alpha value is -2.33. The van der Waals surface area contributed by atoms with Gasteiger partial charge in [-0.25, -0.2) is 0 Å². The molecule has 0 aliphatic rings. The number of nitrogens with two attached hydrogens (primary N) is 1. The van der Waals surface area contributed by atoms with Crippen LogP contribution in [0.25, 0.3) is 0 Å². The highest BCUT2D eigenvalue weighted by Crippen LogP contribution is 2.22. The van der Waals surface area contributed by atoms with Crippen molar-refractivity contribution in [3.63, 3.8) is 0 Å². The first-order valence-electron chi connectivity index (χ1n) is 6.92. The van der Waals surface area contributed by atoms with E-state index in [9.17, 15) is 4.79 Å². The molecule has 114 valence electrons. The van der Waals surface area contributed by atoms with Crippen LogP contribution in [0.2, 0.25) is 5.02 Å². The molecule has 5 heteroatoms. The third kappa shape index (κ3) is 4.09. The van der Waals surface area contributed by atoms with Crippen LogP contribution in [0.4, 0.5) is 5.69 Å². The van der Waals surface area contributed by atoms with Crippen LogP contribution in [0.15, 0.2) is 53.5 Å². The molecule has 0 heterocycles. The number of esters is 1. The second-order valence-corrected chi connectivity index (χ2v) is 5.00. The van der Waals surface area contributed by atoms with Crippen molar-refractivity contribution in [3.8, 4) is 0 Å². The lowest BCUT2D eigenvalue weighted by Gasteiger charge is -2.11. The molecule has 0 atom stereocenters. The van der Waals surface area contributed by atoms with Crippen LogP contribution in [-0.4, -0.2) is 24.8 Å². The van der Waals surface area contributed by atoms with Crippen LogP contribution in [-0.2, 0) is 9.53 Å². The Morgan fingerprint density at radius 3 is 2.64 bits per heavy atom. The minimum absolute atomic E-state index is 0.0655. The van der Waals surface area contributed by atoms with Gasteiger partial charge in [0, 0.05) is 21.8 Å². The van der Waals surface area contributed by atoms with Crippen LogP contribution >= 0.6 is 11.6 Å². The van der Waals surface area contributed by atoms with Crippen LogP contribution in [0, 0.1) is 0 Å². The fourth-order valence-electron chi connectivity index (χ4n) is 2.01. The summed E-state index contributed by atoms with van der Waals surface area (Å²) in [6, 6.07) is 14.7. The Morgan fingerprint density at radius 1 is 1.23 bits per heavy atom. The number of carbonyl (C=O) groups excluding carboxylic acids is 1. The van der Waals surface area contributed by atoms with Gasteiger partial charge in [-0.3, -0.25) is 9.79 Å². The summed E-state index contributed by atoms with van der Waals surface area (Å²) < 4.78 is 4.91. The van der Waals surface area contributed by atoms with Crippen molar-refractivity contribution >= 4 is 29.0 Å². The maximum absolute atomic E-state index is 11.6. The van der Waals surface area contributed by atoms with E-state index in [0.717, 1.165) is 5.56 Å². The van der Waals surface area contributed by atoms with Gasteiger partial charge in [0.05, 0.1) is 12.3 Å². The molecular formula is C17H17ClN2O2. The molecule has 0 amide bonds. The van der Waals surface area contributed by atoms with Crippen LogP contribution in [0.5, 0.6) is 0 Å². The zero-order valence-electron chi connectivity index (χ0n) is 12.3. The Kier molecular flexibility index (Phi) is 5.55. The average Bonchev–Trinajstić information content (AvgIpc) is 2.52. The first-order valence-corrected chi connectivity index (χ1v) is 7.30. The van der Waals surface area contributed by atoms with Gasteiger partial charge in [0.25, 0.3) is 0 Å². The summed E-state index contributed by atoms with van der Waals surface area (Å²) in [6.07, 6.45) is 0. The zero-order chi connectivity index (χ0) is 15.9. The predicted molar refractivity (Wildman–Crippen MR) is 89.4 cm³/mol. The quantitative estimate of drug-likeness (QED) is 0.523. The number of carbonyl (C=O) groups is 1. The molecule has 0 saturated carbocycles. The average molecular weight is 317 g/mol. The molecular weight excluding hydrogens is 300 g/mol. The highest BCUT2D eigenvalue weighted by atomic mass is 35.5. The summed E-state index contributed by atoms with van der Waals surface area (Å²) in [6.45, 7) is 2.02. The SMILES string of the molecule is CCOC(=O)CN=C(c1ccccc1)c1cc(Cl)ccc1N. The fourth-order valence-corrected chi connectivity index (χ4v) is 2.18. The molecule has 0 aliphatic heterocycles. The largest absolute Gasteiger partial charge is 0.465 e. The highest BCUT2D eigenvalue weighted by molar-refractivity contribution is 6.31. The number of anilines is 1. The van der Waals surface area contributed by atoms with Crippen LogP contribution in [0.3, 0.4) is 0 Å². The summed E-state index contributed by atoms with van der Waals surface area (Å²) in [4.78, 5) is 16.0. The number of nitrogens with zero attached hydrogens (tertiary/aromatic N) is 1. The molecule has 2 aromatic rings. The maximum atomic E-state index is 11.6. The van der Waals surface area contributed by atoms with E-state index in [-0.39, 0.29) is 12.5 Å². The number of benzene rings is 2. The minimum Gasteiger partial charge on any atom is -0.465 e. The second-order valence-electron chi connectivity index (χ2n) is 4.57. The molecule has 0 fully saturated rings. The number of hydrogen-bond donors (Lipinski definition) is 1. The second kappa shape index (κ2) is 7.61. The Labute approximate surface area is 134 Å². The molecule has 22 heavy (non-hydrogen) atoms. The normalized spacial score (nSPS) is 11.3. The lowest BCUT2D eigenvalue weighted by atomic mass is 10.0. The molecule has 0 saturated heterocycles. The molecule has 0 aromatic heterocycles. The lowest BCUT2D eigenvalue weighted by Crippen LogP contribution is -2.13. The Balaban J connectivity index is 2.44. The van der Waals surface area contributed by atoms with E-state index in [1.165, 1.54) is 0 Å². The summed E-state index contributed by atoms with van der Waals surface area (Å²) in [5, 5.41) is 0.559. The van der Waals surface area contributed by atoms with E-state index in [0.29, 0.717) is 28.6 Å². The van der Waals surface area contributed by atoms with Gasteiger partial charge in [-0.05, 0) is 25.1 Å². The standard InChI is InChI=1S/C17H17ClN2O2/c1-2-22-16(21)11-20-17(12-6-4-3-5-7-12)14-10-13(18)8-9-15(14)19/h3-10H,2,11,19H2,1H3. The summed E-state index contributed by atoms with van der Waals surface area (Å²) in [7, 11) is 0. The number of nitrogen functional groups attached to an aromatic ring is 1. The van der Waals surface area contributed by atoms with Gasteiger partial charge in [-0.1, -0.05) is 41.9 Å². The van der Waals surface area contributed by atoms with E-state index in [4.69, 9.17) is 22.1 Å². The summed E-state index contributed by atoms with van der Waals surface area (Å²) in [5.41, 5.74) is 8.77. The van der Waals surface area contributed by atoms with Crippen LogP contribution < -0.4 is 5.73 Å². The van der Waals surface area contributed by atoms with Crippen LogP contribution in [0.1, 0.15) is 18.1 Å². The molecule has 2 rings (SSSR count).